The molecule has 11 heteroatoms. The van der Waals surface area contributed by atoms with Gasteiger partial charge in [0.25, 0.3) is 0 Å². The molecule has 2 atom stereocenters. The summed E-state index contributed by atoms with van der Waals surface area (Å²) in [4.78, 5) is 16.6. The van der Waals surface area contributed by atoms with Gasteiger partial charge in [-0.05, 0) is 65.8 Å². The molecule has 1 aliphatic rings. The molecular formula is C28H31N5O5S. The Morgan fingerprint density at radius 2 is 2.00 bits per heavy atom. The predicted octanol–water partition coefficient (Wildman–Crippen LogP) is 3.67. The van der Waals surface area contributed by atoms with E-state index in [4.69, 9.17) is 4.74 Å². The Hall–Kier alpha value is -3.83. The second kappa shape index (κ2) is 10.4. The number of pyridine rings is 1. The molecule has 0 fully saturated rings. The number of hydrogen-bond donors (Lipinski definition) is 1. The molecule has 0 radical (unpaired) electrons. The first-order chi connectivity index (χ1) is 18.6. The van der Waals surface area contributed by atoms with Crippen LogP contribution in [0.1, 0.15) is 47.2 Å². The molecule has 5 rings (SSSR count). The Labute approximate surface area is 227 Å². The number of aliphatic carboxylic acids is 1. The average molecular weight is 550 g/mol. The number of aryl methyl sites for hydroxylation is 2. The van der Waals surface area contributed by atoms with Crippen LogP contribution in [0.5, 0.6) is 5.75 Å². The number of carboxylic acid groups (broad SMARTS) is 1. The van der Waals surface area contributed by atoms with Crippen molar-refractivity contribution in [2.24, 2.45) is 13.0 Å². The molecule has 204 valence electrons. The van der Waals surface area contributed by atoms with Crippen LogP contribution in [0.4, 0.5) is 0 Å². The van der Waals surface area contributed by atoms with Gasteiger partial charge in [-0.2, -0.15) is 4.31 Å². The van der Waals surface area contributed by atoms with Crippen LogP contribution in [-0.2, 0) is 34.8 Å². The molecule has 0 aliphatic carbocycles. The van der Waals surface area contributed by atoms with E-state index in [0.717, 1.165) is 27.8 Å². The van der Waals surface area contributed by atoms with Crippen LogP contribution in [0, 0.1) is 12.8 Å². The van der Waals surface area contributed by atoms with E-state index in [1.807, 2.05) is 44.2 Å². The summed E-state index contributed by atoms with van der Waals surface area (Å²) in [6, 6.07) is 12.7. The van der Waals surface area contributed by atoms with E-state index in [-0.39, 0.29) is 23.8 Å². The molecule has 10 nitrogen and oxygen atoms in total. The zero-order valence-electron chi connectivity index (χ0n) is 22.3. The quantitative estimate of drug-likeness (QED) is 0.370. The number of ether oxygens (including phenoxy) is 1. The number of benzene rings is 2. The normalized spacial score (nSPS) is 17.9. The molecule has 39 heavy (non-hydrogen) atoms. The standard InChI is InChI=1S/C28H31N5O5S/c1-17-10-23-26(6-5-9-29-23)39(36,37)33(15-17)16-21-11-19(8-7-18(21)2)22(14-27(34)35)20-12-24-28(25(13-20)38-4)32(3)31-30-24/h5-9,11-13,17,22H,10,14-16H2,1-4H3,(H,34,35)/t17-,22?/m0/s1. The number of methoxy groups -OCH3 is 1. The van der Waals surface area contributed by atoms with Crippen LogP contribution < -0.4 is 4.74 Å². The lowest BCUT2D eigenvalue weighted by atomic mass is 9.86. The summed E-state index contributed by atoms with van der Waals surface area (Å²) in [5.41, 5.74) is 5.15. The summed E-state index contributed by atoms with van der Waals surface area (Å²) < 4.78 is 36.0. The van der Waals surface area contributed by atoms with Crippen molar-refractivity contribution >= 4 is 27.0 Å². The van der Waals surface area contributed by atoms with Gasteiger partial charge in [0.05, 0.1) is 19.2 Å². The number of sulfonamides is 1. The third kappa shape index (κ3) is 5.11. The molecule has 0 bridgehead atoms. The van der Waals surface area contributed by atoms with Crippen molar-refractivity contribution in [3.63, 3.8) is 0 Å². The molecule has 2 aromatic carbocycles. The number of aromatic nitrogens is 4. The van der Waals surface area contributed by atoms with Crippen LogP contribution in [0.2, 0.25) is 0 Å². The molecular weight excluding hydrogens is 518 g/mol. The fourth-order valence-electron chi connectivity index (χ4n) is 5.34. The van der Waals surface area contributed by atoms with Gasteiger partial charge < -0.3 is 9.84 Å². The van der Waals surface area contributed by atoms with Crippen LogP contribution in [0.15, 0.2) is 53.6 Å². The summed E-state index contributed by atoms with van der Waals surface area (Å²) >= 11 is 0. The third-order valence-electron chi connectivity index (χ3n) is 7.33. The van der Waals surface area contributed by atoms with E-state index in [1.54, 1.807) is 37.2 Å². The highest BCUT2D eigenvalue weighted by Gasteiger charge is 2.33. The highest BCUT2D eigenvalue weighted by atomic mass is 32.2. The van der Waals surface area contributed by atoms with E-state index in [0.29, 0.717) is 29.9 Å². The average Bonchev–Trinajstić information content (AvgIpc) is 3.24. The van der Waals surface area contributed by atoms with Gasteiger partial charge in [0.15, 0.2) is 0 Å². The van der Waals surface area contributed by atoms with Gasteiger partial charge in [-0.1, -0.05) is 30.3 Å². The maximum Gasteiger partial charge on any atom is 0.304 e. The first kappa shape index (κ1) is 26.8. The summed E-state index contributed by atoms with van der Waals surface area (Å²) in [5, 5.41) is 18.1. The second-order valence-electron chi connectivity index (χ2n) is 10.2. The SMILES string of the molecule is COc1cc(C(CC(=O)O)c2ccc(C)c(CN3C[C@@H](C)Cc4ncccc4S3(=O)=O)c2)cc2nnn(C)c12. The van der Waals surface area contributed by atoms with Crippen LogP contribution in [0.25, 0.3) is 11.0 Å². The first-order valence-electron chi connectivity index (χ1n) is 12.7. The maximum absolute atomic E-state index is 13.6. The van der Waals surface area contributed by atoms with Crippen molar-refractivity contribution in [2.75, 3.05) is 13.7 Å². The van der Waals surface area contributed by atoms with Gasteiger partial charge in [0, 0.05) is 32.3 Å². The van der Waals surface area contributed by atoms with Crippen molar-refractivity contribution in [3.05, 3.63) is 76.6 Å². The van der Waals surface area contributed by atoms with Crippen LogP contribution >= 0.6 is 0 Å². The van der Waals surface area contributed by atoms with E-state index < -0.39 is 21.9 Å². The molecule has 3 heterocycles. The number of rotatable bonds is 7. The molecule has 4 aromatic rings. The Morgan fingerprint density at radius 3 is 2.74 bits per heavy atom. The zero-order chi connectivity index (χ0) is 27.9. The van der Waals surface area contributed by atoms with Gasteiger partial charge in [0.1, 0.15) is 21.7 Å². The number of carboxylic acids is 1. The summed E-state index contributed by atoms with van der Waals surface area (Å²) in [5.74, 6) is -0.819. The van der Waals surface area contributed by atoms with Gasteiger partial charge in [-0.3, -0.25) is 9.78 Å². The summed E-state index contributed by atoms with van der Waals surface area (Å²) in [6.07, 6.45) is 2.05. The Bertz CT molecular complexity index is 1670. The highest BCUT2D eigenvalue weighted by Crippen LogP contribution is 2.36. The highest BCUT2D eigenvalue weighted by molar-refractivity contribution is 7.89. The zero-order valence-corrected chi connectivity index (χ0v) is 23.1. The molecule has 2 aromatic heterocycles. The number of carbonyl (C=O) groups is 1. The van der Waals surface area contributed by atoms with Crippen LogP contribution in [0.3, 0.4) is 0 Å². The van der Waals surface area contributed by atoms with Crippen molar-refractivity contribution in [1.29, 1.82) is 0 Å². The number of hydrogen-bond acceptors (Lipinski definition) is 7. The van der Waals surface area contributed by atoms with E-state index in [9.17, 15) is 18.3 Å². The minimum absolute atomic E-state index is 0.0883. The Balaban J connectivity index is 1.56. The number of fused-ring (bicyclic) bond motifs is 2. The van der Waals surface area contributed by atoms with Gasteiger partial charge in [0.2, 0.25) is 10.0 Å². The molecule has 1 N–H and O–H groups in total. The first-order valence-corrected chi connectivity index (χ1v) is 14.1. The Morgan fingerprint density at radius 1 is 1.21 bits per heavy atom. The topological polar surface area (TPSA) is 128 Å². The fraction of sp³-hybridized carbons (Fsp3) is 0.357. The van der Waals surface area contributed by atoms with Crippen molar-refractivity contribution < 1.29 is 23.1 Å². The Kier molecular flexibility index (Phi) is 7.13. The minimum atomic E-state index is -3.76. The molecule has 1 aliphatic heterocycles. The lowest BCUT2D eigenvalue weighted by Gasteiger charge is -2.24. The lowest BCUT2D eigenvalue weighted by molar-refractivity contribution is -0.137. The molecule has 0 amide bonds. The fourth-order valence-corrected chi connectivity index (χ4v) is 7.07. The van der Waals surface area contributed by atoms with Gasteiger partial charge in [-0.25, -0.2) is 13.1 Å². The van der Waals surface area contributed by atoms with E-state index >= 15 is 0 Å². The summed E-state index contributed by atoms with van der Waals surface area (Å²) in [6.45, 7) is 4.49. The van der Waals surface area contributed by atoms with Crippen molar-refractivity contribution in [2.45, 2.75) is 44.0 Å². The minimum Gasteiger partial charge on any atom is -0.494 e. The summed E-state index contributed by atoms with van der Waals surface area (Å²) in [7, 11) is -0.438. The predicted molar refractivity (Wildman–Crippen MR) is 145 cm³/mol. The van der Waals surface area contributed by atoms with Crippen molar-refractivity contribution in [1.82, 2.24) is 24.3 Å². The van der Waals surface area contributed by atoms with Gasteiger partial charge in [-0.15, -0.1) is 5.10 Å². The van der Waals surface area contributed by atoms with E-state index in [2.05, 4.69) is 15.3 Å². The number of nitrogens with zero attached hydrogens (tertiary/aromatic N) is 5. The maximum atomic E-state index is 13.6. The molecule has 1 unspecified atom stereocenters. The molecule has 0 spiro atoms. The molecule has 0 saturated carbocycles. The monoisotopic (exact) mass is 549 g/mol. The third-order valence-corrected chi connectivity index (χ3v) is 9.22. The lowest BCUT2D eigenvalue weighted by Crippen LogP contribution is -2.33. The van der Waals surface area contributed by atoms with Gasteiger partial charge >= 0.3 is 5.97 Å². The smallest absolute Gasteiger partial charge is 0.304 e. The second-order valence-corrected chi connectivity index (χ2v) is 12.1. The largest absolute Gasteiger partial charge is 0.494 e. The van der Waals surface area contributed by atoms with E-state index in [1.165, 1.54) is 4.31 Å². The van der Waals surface area contributed by atoms with Crippen LogP contribution in [-0.4, -0.2) is 57.4 Å². The molecule has 0 saturated heterocycles. The van der Waals surface area contributed by atoms with Crippen molar-refractivity contribution in [3.8, 4) is 5.75 Å².